The van der Waals surface area contributed by atoms with Crippen LogP contribution >= 0.6 is 0 Å². The number of benzene rings is 2. The van der Waals surface area contributed by atoms with Gasteiger partial charge in [-0.25, -0.2) is 22.6 Å². The summed E-state index contributed by atoms with van der Waals surface area (Å²) in [5.41, 5.74) is 0.140. The van der Waals surface area contributed by atoms with E-state index in [0.717, 1.165) is 12.8 Å². The molecule has 2 saturated carbocycles. The lowest BCUT2D eigenvalue weighted by molar-refractivity contribution is -0.141. The Morgan fingerprint density at radius 1 is 1.04 bits per heavy atom. The van der Waals surface area contributed by atoms with Crippen LogP contribution in [0.1, 0.15) is 57.8 Å². The van der Waals surface area contributed by atoms with Crippen LogP contribution in [0.25, 0.3) is 33.5 Å². The van der Waals surface area contributed by atoms with E-state index in [1.165, 1.54) is 36.3 Å². The van der Waals surface area contributed by atoms with Crippen molar-refractivity contribution in [3.05, 3.63) is 66.5 Å². The quantitative estimate of drug-likeness (QED) is 0.226. The zero-order valence-electron chi connectivity index (χ0n) is 30.5. The maximum atomic E-state index is 14.4. The third-order valence-electron chi connectivity index (χ3n) is 10.9. The molecule has 0 radical (unpaired) electrons. The Morgan fingerprint density at radius 3 is 2.59 bits per heavy atom. The fourth-order valence-electron chi connectivity index (χ4n) is 7.58. The van der Waals surface area contributed by atoms with E-state index in [0.29, 0.717) is 47.7 Å². The SMILES string of the molecule is COC(=O)NC1CCCCC/C=C\C2CC2(C(=O)NS(=O)(=O)C2CC2)NC(=O)C2CC(Oc3nc(-c4ccc(F)cc4)nc4c3oc3ccccc34)CN2C1=O. The molecule has 5 atom stereocenters. The van der Waals surface area contributed by atoms with Gasteiger partial charge in [0.1, 0.15) is 40.6 Å². The minimum Gasteiger partial charge on any atom is -0.470 e. The molecule has 294 valence electrons. The smallest absolute Gasteiger partial charge is 0.407 e. The van der Waals surface area contributed by atoms with E-state index in [4.69, 9.17) is 18.9 Å². The summed E-state index contributed by atoms with van der Waals surface area (Å²) >= 11 is 0. The number of fused-ring (bicyclic) bond motifs is 5. The number of alkyl carbamates (subject to hydrolysis) is 1. The van der Waals surface area contributed by atoms with E-state index in [1.54, 1.807) is 12.1 Å². The number of hydrogen-bond acceptors (Lipinski definition) is 11. The zero-order valence-corrected chi connectivity index (χ0v) is 31.3. The van der Waals surface area contributed by atoms with E-state index < -0.39 is 74.5 Å². The first kappa shape index (κ1) is 37.3. The Labute approximate surface area is 321 Å². The Bertz CT molecular complexity index is 2350. The number of hydrogen-bond donors (Lipinski definition) is 3. The fraction of sp³-hybridized carbons (Fsp3) is 0.436. The minimum atomic E-state index is -3.93. The first-order valence-electron chi connectivity index (χ1n) is 18.8. The Morgan fingerprint density at radius 2 is 1.82 bits per heavy atom. The lowest BCUT2D eigenvalue weighted by Crippen LogP contribution is -2.58. The predicted octanol–water partition coefficient (Wildman–Crippen LogP) is 4.26. The topological polar surface area (TPSA) is 199 Å². The second kappa shape index (κ2) is 14.8. The van der Waals surface area contributed by atoms with Gasteiger partial charge in [-0.2, -0.15) is 4.98 Å². The third-order valence-corrected chi connectivity index (χ3v) is 12.7. The number of furan rings is 1. The van der Waals surface area contributed by atoms with Gasteiger partial charge in [-0.3, -0.25) is 19.1 Å². The second-order valence-corrected chi connectivity index (χ2v) is 16.8. The summed E-state index contributed by atoms with van der Waals surface area (Å²) in [7, 11) is -2.74. The summed E-state index contributed by atoms with van der Waals surface area (Å²) in [6.45, 7) is -0.119. The van der Waals surface area contributed by atoms with Gasteiger partial charge in [0, 0.05) is 23.3 Å². The maximum absolute atomic E-state index is 14.4. The van der Waals surface area contributed by atoms with Gasteiger partial charge in [0.05, 0.1) is 18.9 Å². The van der Waals surface area contributed by atoms with Crippen LogP contribution in [0.2, 0.25) is 0 Å². The summed E-state index contributed by atoms with van der Waals surface area (Å²) in [6.07, 6.45) is 6.13. The molecule has 0 bridgehead atoms. The van der Waals surface area contributed by atoms with Crippen LogP contribution in [0.3, 0.4) is 0 Å². The van der Waals surface area contributed by atoms with Gasteiger partial charge in [0.15, 0.2) is 5.82 Å². The number of nitrogens with zero attached hydrogens (tertiary/aromatic N) is 3. The highest BCUT2D eigenvalue weighted by Gasteiger charge is 2.62. The van der Waals surface area contributed by atoms with Crippen molar-refractivity contribution in [1.29, 1.82) is 0 Å². The van der Waals surface area contributed by atoms with Crippen LogP contribution in [0, 0.1) is 11.7 Å². The number of allylic oxidation sites excluding steroid dienone is 1. The maximum Gasteiger partial charge on any atom is 0.407 e. The zero-order chi connectivity index (χ0) is 39.2. The number of para-hydroxylation sites is 1. The summed E-state index contributed by atoms with van der Waals surface area (Å²) in [5, 5.41) is 5.49. The number of rotatable bonds is 7. The highest BCUT2D eigenvalue weighted by Crippen LogP contribution is 2.46. The van der Waals surface area contributed by atoms with E-state index >= 15 is 0 Å². The molecule has 3 N–H and O–H groups in total. The van der Waals surface area contributed by atoms with E-state index in [-0.39, 0.29) is 43.1 Å². The molecule has 56 heavy (non-hydrogen) atoms. The van der Waals surface area contributed by atoms with E-state index in [1.807, 2.05) is 24.3 Å². The van der Waals surface area contributed by atoms with Crippen LogP contribution in [0.4, 0.5) is 9.18 Å². The van der Waals surface area contributed by atoms with Gasteiger partial charge in [-0.15, -0.1) is 0 Å². The van der Waals surface area contributed by atoms with Gasteiger partial charge in [-0.05, 0) is 74.9 Å². The molecular formula is C39H41FN6O9S. The standard InChI is InChI=1S/C39H41FN6O9S/c1-53-38(50)41-28-11-6-4-2-3-5-9-23-20-39(23,37(49)45-56(51,52)26-17-18-26)44-34(47)29-19-25(21-46(29)36(28)48)54-35-32-31(27-10-7-8-12-30(27)55-32)42-33(43-35)22-13-15-24(40)16-14-22/h5,7-10,12-16,23,25-26,28-29H,2-4,6,11,17-21H2,1H3,(H,41,50)(H,44,47)(H,45,49)/b9-5-. The van der Waals surface area contributed by atoms with Crippen molar-refractivity contribution < 1.29 is 45.9 Å². The molecule has 17 heteroatoms. The number of aromatic nitrogens is 2. The van der Waals surface area contributed by atoms with Gasteiger partial charge >= 0.3 is 6.09 Å². The normalized spacial score (nSPS) is 26.3. The summed E-state index contributed by atoms with van der Waals surface area (Å²) in [4.78, 5) is 65.7. The average molecular weight is 789 g/mol. The summed E-state index contributed by atoms with van der Waals surface area (Å²) < 4.78 is 59.3. The molecule has 5 unspecified atom stereocenters. The van der Waals surface area contributed by atoms with Crippen LogP contribution in [-0.4, -0.2) is 89.7 Å². The number of amides is 4. The first-order chi connectivity index (χ1) is 27.0. The molecule has 2 aliphatic heterocycles. The van der Waals surface area contributed by atoms with E-state index in [2.05, 4.69) is 20.3 Å². The number of ether oxygens (including phenoxy) is 2. The van der Waals surface area contributed by atoms with Crippen molar-refractivity contribution in [3.63, 3.8) is 0 Å². The largest absolute Gasteiger partial charge is 0.470 e. The molecule has 4 heterocycles. The van der Waals surface area contributed by atoms with Gasteiger partial charge in [-0.1, -0.05) is 37.1 Å². The average Bonchev–Trinajstić information content (AvgIpc) is 4.08. The van der Waals surface area contributed by atoms with Crippen molar-refractivity contribution >= 4 is 55.9 Å². The van der Waals surface area contributed by atoms with Gasteiger partial charge in [0.2, 0.25) is 27.4 Å². The molecule has 1 saturated heterocycles. The molecule has 15 nitrogen and oxygen atoms in total. The lowest BCUT2D eigenvalue weighted by Gasteiger charge is -2.29. The number of sulfonamides is 1. The Kier molecular flexibility index (Phi) is 9.88. The van der Waals surface area contributed by atoms with Crippen molar-refractivity contribution in [2.75, 3.05) is 13.7 Å². The Hall–Kier alpha value is -5.58. The monoisotopic (exact) mass is 788 g/mol. The molecule has 3 fully saturated rings. The number of carbonyl (C=O) groups is 4. The number of methoxy groups -OCH3 is 1. The highest BCUT2D eigenvalue weighted by atomic mass is 32.2. The number of halogens is 1. The van der Waals surface area contributed by atoms with Crippen molar-refractivity contribution in [2.45, 2.75) is 86.8 Å². The Balaban J connectivity index is 1.15. The molecule has 2 aliphatic carbocycles. The molecule has 8 rings (SSSR count). The van der Waals surface area contributed by atoms with Crippen LogP contribution in [0.5, 0.6) is 5.88 Å². The third kappa shape index (κ3) is 7.39. The number of nitrogens with one attached hydrogen (secondary N) is 3. The fourth-order valence-corrected chi connectivity index (χ4v) is 8.94. The van der Waals surface area contributed by atoms with Crippen LogP contribution < -0.4 is 20.1 Å². The first-order valence-corrected chi connectivity index (χ1v) is 20.3. The number of carbonyl (C=O) groups excluding carboxylic acids is 4. The lowest BCUT2D eigenvalue weighted by atomic mass is 10.1. The second-order valence-electron chi connectivity index (χ2n) is 14.8. The van der Waals surface area contributed by atoms with Crippen LogP contribution in [0.15, 0.2) is 65.1 Å². The van der Waals surface area contributed by atoms with Gasteiger partial charge < -0.3 is 29.4 Å². The van der Waals surface area contributed by atoms with Crippen molar-refractivity contribution in [3.8, 4) is 17.3 Å². The molecule has 2 aromatic carbocycles. The highest BCUT2D eigenvalue weighted by molar-refractivity contribution is 7.91. The molecule has 0 spiro atoms. The molecule has 2 aromatic heterocycles. The van der Waals surface area contributed by atoms with Crippen molar-refractivity contribution in [2.24, 2.45) is 5.92 Å². The molecule has 4 aromatic rings. The summed E-state index contributed by atoms with van der Waals surface area (Å²) in [6, 6.07) is 10.6. The van der Waals surface area contributed by atoms with E-state index in [9.17, 15) is 32.0 Å². The predicted molar refractivity (Wildman–Crippen MR) is 200 cm³/mol. The summed E-state index contributed by atoms with van der Waals surface area (Å²) in [5.74, 6) is -2.71. The van der Waals surface area contributed by atoms with Crippen molar-refractivity contribution in [1.82, 2.24) is 30.2 Å². The molecule has 4 aliphatic rings. The van der Waals surface area contributed by atoms with Crippen LogP contribution in [-0.2, 0) is 29.1 Å². The minimum absolute atomic E-state index is 0.0314. The molecular weight excluding hydrogens is 748 g/mol. The van der Waals surface area contributed by atoms with Gasteiger partial charge in [0.25, 0.3) is 11.8 Å². The molecule has 4 amide bonds.